The third kappa shape index (κ3) is 2.32. The van der Waals surface area contributed by atoms with Gasteiger partial charge in [0.25, 0.3) is 0 Å². The molecule has 3 unspecified atom stereocenters. The van der Waals surface area contributed by atoms with Crippen molar-refractivity contribution in [2.24, 2.45) is 17.8 Å². The molecule has 4 nitrogen and oxygen atoms in total. The van der Waals surface area contributed by atoms with E-state index in [1.54, 1.807) is 13.8 Å². The topological polar surface area (TPSA) is 63.6 Å². The van der Waals surface area contributed by atoms with E-state index in [1.165, 1.54) is 0 Å². The summed E-state index contributed by atoms with van der Waals surface area (Å²) in [6.07, 6.45) is 0.732. The molecule has 1 saturated heterocycles. The van der Waals surface area contributed by atoms with E-state index in [9.17, 15) is 9.59 Å². The molecule has 0 amide bonds. The van der Waals surface area contributed by atoms with Crippen LogP contribution in [0.25, 0.3) is 0 Å². The van der Waals surface area contributed by atoms with Crippen molar-refractivity contribution < 1.29 is 19.4 Å². The van der Waals surface area contributed by atoms with Crippen LogP contribution in [0.4, 0.5) is 0 Å². The Kier molecular flexibility index (Phi) is 3.63. The molecule has 80 valence electrons. The number of aliphatic carboxylic acids is 1. The normalized spacial score (nSPS) is 25.7. The van der Waals surface area contributed by atoms with Gasteiger partial charge in [-0.1, -0.05) is 13.8 Å². The van der Waals surface area contributed by atoms with Crippen molar-refractivity contribution in [2.75, 3.05) is 13.2 Å². The number of carboxylic acids is 1. The minimum atomic E-state index is -0.912. The summed E-state index contributed by atoms with van der Waals surface area (Å²) < 4.78 is 5.10. The number of carboxylic acid groups (broad SMARTS) is 1. The quantitative estimate of drug-likeness (QED) is 0.733. The fraction of sp³-hybridized carbons (Fsp3) is 0.800. The van der Waals surface area contributed by atoms with Gasteiger partial charge < -0.3 is 9.84 Å². The third-order valence-corrected chi connectivity index (χ3v) is 2.92. The highest BCUT2D eigenvalue weighted by atomic mass is 16.5. The maximum absolute atomic E-state index is 11.7. The number of ketones is 1. The predicted molar refractivity (Wildman–Crippen MR) is 49.9 cm³/mol. The minimum absolute atomic E-state index is 0.0254. The van der Waals surface area contributed by atoms with Crippen LogP contribution in [0.2, 0.25) is 0 Å². The second kappa shape index (κ2) is 4.55. The molecule has 1 aliphatic rings. The summed E-state index contributed by atoms with van der Waals surface area (Å²) in [5.41, 5.74) is 0. The average Bonchev–Trinajstić information content (AvgIpc) is 2.67. The van der Waals surface area contributed by atoms with Gasteiger partial charge in [0.15, 0.2) is 0 Å². The zero-order valence-corrected chi connectivity index (χ0v) is 8.53. The van der Waals surface area contributed by atoms with Crippen molar-refractivity contribution >= 4 is 11.8 Å². The van der Waals surface area contributed by atoms with Gasteiger partial charge >= 0.3 is 5.97 Å². The van der Waals surface area contributed by atoms with Gasteiger partial charge in [0.2, 0.25) is 0 Å². The number of carbonyl (C=O) groups excluding carboxylic acids is 1. The van der Waals surface area contributed by atoms with Gasteiger partial charge in [-0.3, -0.25) is 9.59 Å². The van der Waals surface area contributed by atoms with E-state index in [0.717, 1.165) is 6.42 Å². The zero-order valence-electron chi connectivity index (χ0n) is 8.53. The molecule has 0 bridgehead atoms. The van der Waals surface area contributed by atoms with Gasteiger partial charge in [0, 0.05) is 18.4 Å². The molecule has 0 aromatic rings. The first kappa shape index (κ1) is 11.2. The van der Waals surface area contributed by atoms with Gasteiger partial charge in [-0.05, 0) is 6.42 Å². The first-order chi connectivity index (χ1) is 6.54. The standard InChI is InChI=1S/C10H16O4/c1-6(7(2)10(12)13)9(11)8-3-4-14-5-8/h6-8H,3-5H2,1-2H3,(H,12,13). The highest BCUT2D eigenvalue weighted by molar-refractivity contribution is 5.87. The molecule has 1 N–H and O–H groups in total. The Bertz CT molecular complexity index is 230. The lowest BCUT2D eigenvalue weighted by molar-refractivity contribution is -0.146. The minimum Gasteiger partial charge on any atom is -0.481 e. The number of ether oxygens (including phenoxy) is 1. The molecule has 4 heteroatoms. The predicted octanol–water partition coefficient (Wildman–Crippen LogP) is 0.949. The lowest BCUT2D eigenvalue weighted by Gasteiger charge is -2.17. The van der Waals surface area contributed by atoms with Crippen molar-refractivity contribution in [3.8, 4) is 0 Å². The van der Waals surface area contributed by atoms with Crippen LogP contribution in [0, 0.1) is 17.8 Å². The Morgan fingerprint density at radius 3 is 2.43 bits per heavy atom. The van der Waals surface area contributed by atoms with Crippen LogP contribution in [-0.4, -0.2) is 30.1 Å². The van der Waals surface area contributed by atoms with E-state index in [0.29, 0.717) is 13.2 Å². The smallest absolute Gasteiger partial charge is 0.306 e. The highest BCUT2D eigenvalue weighted by Crippen LogP contribution is 2.22. The Morgan fingerprint density at radius 2 is 2.00 bits per heavy atom. The second-order valence-electron chi connectivity index (χ2n) is 3.88. The highest BCUT2D eigenvalue weighted by Gasteiger charge is 2.32. The van der Waals surface area contributed by atoms with Crippen molar-refractivity contribution in [1.82, 2.24) is 0 Å². The number of hydrogen-bond acceptors (Lipinski definition) is 3. The van der Waals surface area contributed by atoms with E-state index in [-0.39, 0.29) is 11.7 Å². The molecule has 0 saturated carbocycles. The zero-order chi connectivity index (χ0) is 10.7. The molecule has 1 heterocycles. The van der Waals surface area contributed by atoms with E-state index in [4.69, 9.17) is 9.84 Å². The Labute approximate surface area is 83.2 Å². The lowest BCUT2D eigenvalue weighted by Crippen LogP contribution is -2.30. The van der Waals surface area contributed by atoms with Crippen LogP contribution in [0.15, 0.2) is 0 Å². The summed E-state index contributed by atoms with van der Waals surface area (Å²) in [7, 11) is 0. The summed E-state index contributed by atoms with van der Waals surface area (Å²) in [6, 6.07) is 0. The van der Waals surface area contributed by atoms with Crippen LogP contribution in [-0.2, 0) is 14.3 Å². The van der Waals surface area contributed by atoms with Crippen LogP contribution in [0.3, 0.4) is 0 Å². The maximum atomic E-state index is 11.7. The number of Topliss-reactive ketones (excluding diaryl/α,β-unsaturated/α-hetero) is 1. The van der Waals surface area contributed by atoms with E-state index in [1.807, 2.05) is 0 Å². The van der Waals surface area contributed by atoms with Crippen molar-refractivity contribution in [3.63, 3.8) is 0 Å². The fourth-order valence-corrected chi connectivity index (χ4v) is 1.59. The van der Waals surface area contributed by atoms with Crippen LogP contribution >= 0.6 is 0 Å². The fourth-order valence-electron chi connectivity index (χ4n) is 1.59. The molecule has 1 fully saturated rings. The summed E-state index contributed by atoms with van der Waals surface area (Å²) in [6.45, 7) is 4.32. The molecular weight excluding hydrogens is 184 g/mol. The van der Waals surface area contributed by atoms with Gasteiger partial charge in [-0.15, -0.1) is 0 Å². The molecule has 0 aliphatic carbocycles. The second-order valence-corrected chi connectivity index (χ2v) is 3.88. The maximum Gasteiger partial charge on any atom is 0.306 e. The van der Waals surface area contributed by atoms with Crippen molar-refractivity contribution in [2.45, 2.75) is 20.3 Å². The van der Waals surface area contributed by atoms with E-state index >= 15 is 0 Å². The third-order valence-electron chi connectivity index (χ3n) is 2.92. The van der Waals surface area contributed by atoms with Gasteiger partial charge in [-0.2, -0.15) is 0 Å². The van der Waals surface area contributed by atoms with Crippen LogP contribution in [0.1, 0.15) is 20.3 Å². The number of rotatable bonds is 4. The average molecular weight is 200 g/mol. The summed E-state index contributed by atoms with van der Waals surface area (Å²) >= 11 is 0. The first-order valence-corrected chi connectivity index (χ1v) is 4.88. The van der Waals surface area contributed by atoms with Crippen molar-refractivity contribution in [3.05, 3.63) is 0 Å². The summed E-state index contributed by atoms with van der Waals surface area (Å²) in [5, 5.41) is 8.76. The lowest BCUT2D eigenvalue weighted by atomic mass is 9.85. The summed E-state index contributed by atoms with van der Waals surface area (Å²) in [4.78, 5) is 22.4. The number of carbonyl (C=O) groups is 2. The molecule has 0 aromatic heterocycles. The molecule has 0 aromatic carbocycles. The molecule has 0 spiro atoms. The monoisotopic (exact) mass is 200 g/mol. The molecular formula is C10H16O4. The van der Waals surface area contributed by atoms with Crippen LogP contribution < -0.4 is 0 Å². The molecule has 0 radical (unpaired) electrons. The summed E-state index contributed by atoms with van der Waals surface area (Å²) in [5.74, 6) is -2.00. The molecule has 1 rings (SSSR count). The molecule has 14 heavy (non-hydrogen) atoms. The van der Waals surface area contributed by atoms with E-state index in [2.05, 4.69) is 0 Å². The van der Waals surface area contributed by atoms with Crippen molar-refractivity contribution in [1.29, 1.82) is 0 Å². The Hall–Kier alpha value is -0.900. The SMILES string of the molecule is CC(C(=O)O)C(C)C(=O)C1CCOC1. The van der Waals surface area contributed by atoms with Crippen LogP contribution in [0.5, 0.6) is 0 Å². The molecule has 1 aliphatic heterocycles. The van der Waals surface area contributed by atoms with E-state index < -0.39 is 17.8 Å². The molecule has 3 atom stereocenters. The number of hydrogen-bond donors (Lipinski definition) is 1. The van der Waals surface area contributed by atoms with Gasteiger partial charge in [0.1, 0.15) is 5.78 Å². The van der Waals surface area contributed by atoms with Gasteiger partial charge in [0.05, 0.1) is 12.5 Å². The first-order valence-electron chi connectivity index (χ1n) is 4.88. The Balaban J connectivity index is 2.54. The largest absolute Gasteiger partial charge is 0.481 e. The van der Waals surface area contributed by atoms with Gasteiger partial charge in [-0.25, -0.2) is 0 Å². The Morgan fingerprint density at radius 1 is 1.36 bits per heavy atom.